The van der Waals surface area contributed by atoms with Crippen LogP contribution < -0.4 is 0 Å². The number of aromatic nitrogens is 3. The topological polar surface area (TPSA) is 72.1 Å². The Morgan fingerprint density at radius 3 is 2.92 bits per heavy atom. The molecular weight excluding hydrogens is 323 g/mol. The number of hydrogen-bond acceptors (Lipinski definition) is 5. The SMILES string of the molecule is CCC(CC)C(=O)N1CCCC(F)(c2nc(-c3cccnc3)no2)C1. The van der Waals surface area contributed by atoms with Crippen LogP contribution in [0.1, 0.15) is 45.4 Å². The van der Waals surface area contributed by atoms with E-state index >= 15 is 4.39 Å². The molecule has 6 nitrogen and oxygen atoms in total. The van der Waals surface area contributed by atoms with Gasteiger partial charge < -0.3 is 9.42 Å². The number of amides is 1. The summed E-state index contributed by atoms with van der Waals surface area (Å²) < 4.78 is 20.7. The first-order valence-electron chi connectivity index (χ1n) is 8.79. The average Bonchev–Trinajstić information content (AvgIpc) is 3.14. The fraction of sp³-hybridized carbons (Fsp3) is 0.556. The maximum Gasteiger partial charge on any atom is 0.266 e. The predicted molar refractivity (Wildman–Crippen MR) is 90.2 cm³/mol. The first-order valence-corrected chi connectivity index (χ1v) is 8.79. The summed E-state index contributed by atoms with van der Waals surface area (Å²) in [5, 5.41) is 3.87. The molecule has 0 bridgehead atoms. The van der Waals surface area contributed by atoms with Crippen molar-refractivity contribution in [2.24, 2.45) is 5.92 Å². The minimum Gasteiger partial charge on any atom is -0.339 e. The van der Waals surface area contributed by atoms with E-state index in [4.69, 9.17) is 4.52 Å². The van der Waals surface area contributed by atoms with Gasteiger partial charge in [-0.1, -0.05) is 19.0 Å². The molecule has 134 valence electrons. The molecule has 2 aromatic heterocycles. The minimum atomic E-state index is -1.80. The molecular formula is C18H23FN4O2. The molecule has 1 unspecified atom stereocenters. The van der Waals surface area contributed by atoms with E-state index in [2.05, 4.69) is 15.1 Å². The number of rotatable bonds is 5. The van der Waals surface area contributed by atoms with Crippen molar-refractivity contribution in [2.75, 3.05) is 13.1 Å². The third-order valence-electron chi connectivity index (χ3n) is 4.82. The second kappa shape index (κ2) is 7.29. The lowest BCUT2D eigenvalue weighted by Crippen LogP contribution is -2.48. The molecule has 1 amide bonds. The van der Waals surface area contributed by atoms with Crippen molar-refractivity contribution in [3.8, 4) is 11.4 Å². The van der Waals surface area contributed by atoms with Crippen LogP contribution in [-0.2, 0) is 10.5 Å². The Balaban J connectivity index is 1.79. The van der Waals surface area contributed by atoms with Gasteiger partial charge in [0, 0.05) is 30.4 Å². The maximum absolute atomic E-state index is 15.5. The maximum atomic E-state index is 15.5. The quantitative estimate of drug-likeness (QED) is 0.830. The molecule has 1 fully saturated rings. The highest BCUT2D eigenvalue weighted by Crippen LogP contribution is 2.36. The highest BCUT2D eigenvalue weighted by atomic mass is 19.1. The first-order chi connectivity index (χ1) is 12.1. The molecule has 1 aliphatic heterocycles. The Morgan fingerprint density at radius 2 is 2.24 bits per heavy atom. The number of likely N-dealkylation sites (tertiary alicyclic amines) is 1. The molecule has 3 heterocycles. The molecule has 1 saturated heterocycles. The van der Waals surface area contributed by atoms with Gasteiger partial charge in [-0.05, 0) is 37.8 Å². The first kappa shape index (κ1) is 17.5. The van der Waals surface area contributed by atoms with Crippen LogP contribution in [0, 0.1) is 5.92 Å². The number of carbonyl (C=O) groups is 1. The summed E-state index contributed by atoms with van der Waals surface area (Å²) in [7, 11) is 0. The van der Waals surface area contributed by atoms with E-state index in [-0.39, 0.29) is 30.7 Å². The van der Waals surface area contributed by atoms with Gasteiger partial charge in [-0.2, -0.15) is 4.98 Å². The number of carbonyl (C=O) groups excluding carboxylic acids is 1. The van der Waals surface area contributed by atoms with Gasteiger partial charge in [0.25, 0.3) is 5.89 Å². The largest absolute Gasteiger partial charge is 0.339 e. The second-order valence-corrected chi connectivity index (χ2v) is 6.51. The summed E-state index contributed by atoms with van der Waals surface area (Å²) >= 11 is 0. The molecule has 2 aromatic rings. The number of piperidine rings is 1. The molecule has 3 rings (SSSR count). The van der Waals surface area contributed by atoms with Crippen LogP contribution in [0.4, 0.5) is 4.39 Å². The molecule has 0 radical (unpaired) electrons. The fourth-order valence-electron chi connectivity index (χ4n) is 3.29. The lowest BCUT2D eigenvalue weighted by molar-refractivity contribution is -0.140. The van der Waals surface area contributed by atoms with E-state index in [1.54, 1.807) is 29.4 Å². The summed E-state index contributed by atoms with van der Waals surface area (Å²) in [6.07, 6.45) is 5.61. The molecule has 0 saturated carbocycles. The Morgan fingerprint density at radius 1 is 1.44 bits per heavy atom. The molecule has 1 atom stereocenters. The lowest BCUT2D eigenvalue weighted by Gasteiger charge is -2.36. The number of pyridine rings is 1. The molecule has 0 spiro atoms. The van der Waals surface area contributed by atoms with Crippen molar-refractivity contribution in [3.05, 3.63) is 30.4 Å². The Hall–Kier alpha value is -2.31. The van der Waals surface area contributed by atoms with E-state index in [0.717, 1.165) is 12.8 Å². The molecule has 25 heavy (non-hydrogen) atoms. The van der Waals surface area contributed by atoms with E-state index < -0.39 is 5.67 Å². The summed E-state index contributed by atoms with van der Waals surface area (Å²) in [6, 6.07) is 3.55. The third kappa shape index (κ3) is 3.55. The highest BCUT2D eigenvalue weighted by molar-refractivity contribution is 5.79. The number of nitrogens with zero attached hydrogens (tertiary/aromatic N) is 4. The van der Waals surface area contributed by atoms with Crippen LogP contribution in [0.25, 0.3) is 11.4 Å². The van der Waals surface area contributed by atoms with Gasteiger partial charge >= 0.3 is 0 Å². The molecule has 0 aliphatic carbocycles. The number of alkyl halides is 1. The fourth-order valence-corrected chi connectivity index (χ4v) is 3.29. The zero-order valence-corrected chi connectivity index (χ0v) is 14.6. The summed E-state index contributed by atoms with van der Waals surface area (Å²) in [5.74, 6) is 0.201. The molecule has 0 aromatic carbocycles. The Bertz CT molecular complexity index is 717. The molecule has 0 N–H and O–H groups in total. The molecule has 1 aliphatic rings. The van der Waals surface area contributed by atoms with Crippen molar-refractivity contribution in [1.29, 1.82) is 0 Å². The molecule has 7 heteroatoms. The van der Waals surface area contributed by atoms with Gasteiger partial charge in [0.15, 0.2) is 0 Å². The van der Waals surface area contributed by atoms with Gasteiger partial charge in [-0.3, -0.25) is 9.78 Å². The van der Waals surface area contributed by atoms with Crippen molar-refractivity contribution in [2.45, 2.75) is 45.2 Å². The van der Waals surface area contributed by atoms with Gasteiger partial charge in [-0.25, -0.2) is 4.39 Å². The average molecular weight is 346 g/mol. The van der Waals surface area contributed by atoms with Gasteiger partial charge in [0.05, 0.1) is 6.54 Å². The van der Waals surface area contributed by atoms with Crippen LogP contribution in [0.2, 0.25) is 0 Å². The zero-order chi connectivity index (χ0) is 17.9. The van der Waals surface area contributed by atoms with E-state index in [1.165, 1.54) is 0 Å². The lowest BCUT2D eigenvalue weighted by atomic mass is 9.92. The van der Waals surface area contributed by atoms with Crippen LogP contribution in [0.3, 0.4) is 0 Å². The summed E-state index contributed by atoms with van der Waals surface area (Å²) in [5.41, 5.74) is -1.13. The van der Waals surface area contributed by atoms with Gasteiger partial charge in [-0.15, -0.1) is 0 Å². The van der Waals surface area contributed by atoms with E-state index in [9.17, 15) is 4.79 Å². The van der Waals surface area contributed by atoms with Crippen molar-refractivity contribution >= 4 is 5.91 Å². The third-order valence-corrected chi connectivity index (χ3v) is 4.82. The Kier molecular flexibility index (Phi) is 5.11. The monoisotopic (exact) mass is 346 g/mol. The highest BCUT2D eigenvalue weighted by Gasteiger charge is 2.44. The smallest absolute Gasteiger partial charge is 0.266 e. The van der Waals surface area contributed by atoms with Crippen LogP contribution in [0.5, 0.6) is 0 Å². The minimum absolute atomic E-state index is 0.0127. The number of halogens is 1. The van der Waals surface area contributed by atoms with Crippen LogP contribution in [-0.4, -0.2) is 39.0 Å². The summed E-state index contributed by atoms with van der Waals surface area (Å²) in [4.78, 5) is 22.4. The predicted octanol–water partition coefficient (Wildman–Crippen LogP) is 3.36. The normalized spacial score (nSPS) is 20.9. The van der Waals surface area contributed by atoms with E-state index in [0.29, 0.717) is 24.4 Å². The van der Waals surface area contributed by atoms with Crippen molar-refractivity contribution in [1.82, 2.24) is 20.0 Å². The second-order valence-electron chi connectivity index (χ2n) is 6.51. The Labute approximate surface area is 146 Å². The number of hydrogen-bond donors (Lipinski definition) is 0. The standard InChI is InChI=1S/C18H23FN4O2/c1-3-13(4-2)16(24)23-10-6-8-18(19,12-23)17-21-15(22-25-17)14-7-5-9-20-11-14/h5,7,9,11,13H,3-4,6,8,10,12H2,1-2H3. The van der Waals surface area contributed by atoms with Crippen LogP contribution >= 0.6 is 0 Å². The van der Waals surface area contributed by atoms with E-state index in [1.807, 2.05) is 13.8 Å². The zero-order valence-electron chi connectivity index (χ0n) is 14.6. The summed E-state index contributed by atoms with van der Waals surface area (Å²) in [6.45, 7) is 4.51. The van der Waals surface area contributed by atoms with Crippen molar-refractivity contribution in [3.63, 3.8) is 0 Å². The van der Waals surface area contributed by atoms with Crippen LogP contribution in [0.15, 0.2) is 29.0 Å². The van der Waals surface area contributed by atoms with Gasteiger partial charge in [0.2, 0.25) is 17.4 Å². The van der Waals surface area contributed by atoms with Gasteiger partial charge in [0.1, 0.15) is 0 Å². The van der Waals surface area contributed by atoms with Crippen molar-refractivity contribution < 1.29 is 13.7 Å².